The Morgan fingerprint density at radius 2 is 1.86 bits per heavy atom. The SMILES string of the molecule is CCOC(=O)c1c(N2CCN(C(=O)c3ccco3)CC2)c2cc(C)ccc2n(CCN(C)C)c1=O. The first kappa shape index (κ1) is 24.5. The summed E-state index contributed by atoms with van der Waals surface area (Å²) < 4.78 is 12.3. The van der Waals surface area contributed by atoms with Crippen LogP contribution in [0.1, 0.15) is 33.4 Å². The second kappa shape index (κ2) is 10.4. The summed E-state index contributed by atoms with van der Waals surface area (Å²) in [6.07, 6.45) is 1.48. The minimum Gasteiger partial charge on any atom is -0.462 e. The number of carbonyl (C=O) groups excluding carboxylic acids is 2. The fourth-order valence-electron chi connectivity index (χ4n) is 4.48. The fraction of sp³-hybridized carbons (Fsp3) is 0.423. The number of hydrogen-bond acceptors (Lipinski definition) is 7. The maximum Gasteiger partial charge on any atom is 0.345 e. The summed E-state index contributed by atoms with van der Waals surface area (Å²) in [4.78, 5) is 45.3. The van der Waals surface area contributed by atoms with E-state index in [0.29, 0.717) is 50.7 Å². The van der Waals surface area contributed by atoms with E-state index in [1.807, 2.05) is 49.0 Å². The molecule has 0 atom stereocenters. The molecule has 1 aromatic carbocycles. The minimum absolute atomic E-state index is 0.0505. The second-order valence-corrected chi connectivity index (χ2v) is 8.98. The van der Waals surface area contributed by atoms with E-state index in [0.717, 1.165) is 16.5 Å². The smallest absolute Gasteiger partial charge is 0.345 e. The first-order chi connectivity index (χ1) is 16.8. The molecule has 1 aliphatic rings. The van der Waals surface area contributed by atoms with Gasteiger partial charge in [-0.3, -0.25) is 9.59 Å². The van der Waals surface area contributed by atoms with Crippen molar-refractivity contribution in [3.05, 3.63) is 63.8 Å². The molecule has 35 heavy (non-hydrogen) atoms. The number of esters is 1. The van der Waals surface area contributed by atoms with E-state index in [1.165, 1.54) is 6.26 Å². The van der Waals surface area contributed by atoms with Gasteiger partial charge in [-0.05, 0) is 52.2 Å². The van der Waals surface area contributed by atoms with Gasteiger partial charge in [0.05, 0.1) is 24.1 Å². The van der Waals surface area contributed by atoms with Crippen molar-refractivity contribution in [3.8, 4) is 0 Å². The van der Waals surface area contributed by atoms with Gasteiger partial charge in [0.2, 0.25) is 0 Å². The van der Waals surface area contributed by atoms with E-state index in [2.05, 4.69) is 0 Å². The molecular weight excluding hydrogens is 448 g/mol. The molecular formula is C26H32N4O5. The molecule has 0 aliphatic carbocycles. The van der Waals surface area contributed by atoms with Gasteiger partial charge in [-0.25, -0.2) is 4.79 Å². The van der Waals surface area contributed by atoms with Crippen LogP contribution in [-0.2, 0) is 11.3 Å². The Balaban J connectivity index is 1.79. The molecule has 1 aliphatic heterocycles. The first-order valence-electron chi connectivity index (χ1n) is 11.9. The summed E-state index contributed by atoms with van der Waals surface area (Å²) in [6, 6.07) is 9.27. The third kappa shape index (κ3) is 4.95. The van der Waals surface area contributed by atoms with Gasteiger partial charge in [0.25, 0.3) is 11.5 Å². The predicted octanol–water partition coefficient (Wildman–Crippen LogP) is 2.60. The third-order valence-corrected chi connectivity index (χ3v) is 6.26. The first-order valence-corrected chi connectivity index (χ1v) is 11.9. The summed E-state index contributed by atoms with van der Waals surface area (Å²) in [5.41, 5.74) is 2.08. The van der Waals surface area contributed by atoms with Gasteiger partial charge in [-0.15, -0.1) is 0 Å². The highest BCUT2D eigenvalue weighted by atomic mass is 16.5. The van der Waals surface area contributed by atoms with E-state index in [9.17, 15) is 14.4 Å². The van der Waals surface area contributed by atoms with Crippen LogP contribution < -0.4 is 10.5 Å². The second-order valence-electron chi connectivity index (χ2n) is 8.98. The molecule has 186 valence electrons. The molecule has 0 radical (unpaired) electrons. The molecule has 0 bridgehead atoms. The monoisotopic (exact) mass is 480 g/mol. The molecule has 0 spiro atoms. The molecule has 9 nitrogen and oxygen atoms in total. The van der Waals surface area contributed by atoms with Crippen LogP contribution in [0.3, 0.4) is 0 Å². The number of furan rings is 1. The Hall–Kier alpha value is -3.59. The van der Waals surface area contributed by atoms with Crippen LogP contribution in [0, 0.1) is 6.92 Å². The van der Waals surface area contributed by atoms with Crippen molar-refractivity contribution in [1.82, 2.24) is 14.4 Å². The molecule has 0 N–H and O–H groups in total. The molecule has 0 saturated carbocycles. The number of rotatable bonds is 7. The van der Waals surface area contributed by atoms with Gasteiger partial charge in [0.15, 0.2) is 5.76 Å². The van der Waals surface area contributed by atoms with Crippen LogP contribution >= 0.6 is 0 Å². The van der Waals surface area contributed by atoms with Crippen molar-refractivity contribution in [1.29, 1.82) is 0 Å². The van der Waals surface area contributed by atoms with Crippen molar-refractivity contribution in [2.75, 3.05) is 58.3 Å². The van der Waals surface area contributed by atoms with Crippen molar-refractivity contribution >= 4 is 28.5 Å². The van der Waals surface area contributed by atoms with Crippen LogP contribution in [0.2, 0.25) is 0 Å². The fourth-order valence-corrected chi connectivity index (χ4v) is 4.48. The summed E-state index contributed by atoms with van der Waals surface area (Å²) in [6.45, 7) is 6.83. The van der Waals surface area contributed by atoms with E-state index in [-0.39, 0.29) is 23.6 Å². The standard InChI is InChI=1S/C26H32N4O5/c1-5-34-26(33)22-23(28-11-13-29(14-12-28)24(31)21-7-6-16-35-21)19-17-18(2)8-9-20(19)30(25(22)32)15-10-27(3)4/h6-9,16-17H,5,10-15H2,1-4H3. The van der Waals surface area contributed by atoms with Crippen LogP contribution in [0.5, 0.6) is 0 Å². The van der Waals surface area contributed by atoms with E-state index >= 15 is 0 Å². The van der Waals surface area contributed by atoms with Gasteiger partial charge in [0, 0.05) is 44.7 Å². The van der Waals surface area contributed by atoms with Crippen LogP contribution in [0.4, 0.5) is 5.69 Å². The number of ether oxygens (including phenoxy) is 1. The highest BCUT2D eigenvalue weighted by molar-refractivity contribution is 6.05. The molecule has 1 fully saturated rings. The van der Waals surface area contributed by atoms with Gasteiger partial charge >= 0.3 is 5.97 Å². The topological polar surface area (TPSA) is 88.2 Å². The van der Waals surface area contributed by atoms with E-state index < -0.39 is 5.97 Å². The maximum atomic E-state index is 13.7. The lowest BCUT2D eigenvalue weighted by Crippen LogP contribution is -2.49. The Labute approximate surface area is 204 Å². The predicted molar refractivity (Wildman–Crippen MR) is 134 cm³/mol. The molecule has 1 amide bonds. The van der Waals surface area contributed by atoms with Crippen molar-refractivity contribution in [3.63, 3.8) is 0 Å². The van der Waals surface area contributed by atoms with Crippen LogP contribution in [0.25, 0.3) is 10.9 Å². The average Bonchev–Trinajstić information content (AvgIpc) is 3.37. The Bertz CT molecular complexity index is 1270. The summed E-state index contributed by atoms with van der Waals surface area (Å²) in [5.74, 6) is -0.487. The number of aromatic nitrogens is 1. The molecule has 3 aromatic rings. The third-order valence-electron chi connectivity index (χ3n) is 6.26. The number of nitrogens with zero attached hydrogens (tertiary/aromatic N) is 4. The van der Waals surface area contributed by atoms with Crippen LogP contribution in [0.15, 0.2) is 45.8 Å². The molecule has 0 unspecified atom stereocenters. The highest BCUT2D eigenvalue weighted by Crippen LogP contribution is 2.31. The molecule has 4 rings (SSSR count). The van der Waals surface area contributed by atoms with Crippen molar-refractivity contribution in [2.24, 2.45) is 0 Å². The number of likely N-dealkylation sites (N-methyl/N-ethyl adjacent to an activating group) is 1. The molecule has 3 heterocycles. The van der Waals surface area contributed by atoms with Crippen molar-refractivity contribution < 1.29 is 18.7 Å². The van der Waals surface area contributed by atoms with E-state index in [4.69, 9.17) is 9.15 Å². The number of pyridine rings is 1. The van der Waals surface area contributed by atoms with Gasteiger partial charge < -0.3 is 28.4 Å². The lowest BCUT2D eigenvalue weighted by Gasteiger charge is -2.37. The van der Waals surface area contributed by atoms with Crippen molar-refractivity contribution in [2.45, 2.75) is 20.4 Å². The molecule has 1 saturated heterocycles. The van der Waals surface area contributed by atoms with Crippen LogP contribution in [-0.4, -0.2) is 79.7 Å². The van der Waals surface area contributed by atoms with Gasteiger partial charge in [-0.1, -0.05) is 11.6 Å². The van der Waals surface area contributed by atoms with Gasteiger partial charge in [0.1, 0.15) is 5.56 Å². The van der Waals surface area contributed by atoms with E-state index in [1.54, 1.807) is 28.5 Å². The number of anilines is 1. The maximum absolute atomic E-state index is 13.7. The zero-order chi connectivity index (χ0) is 25.1. The Morgan fingerprint density at radius 1 is 1.11 bits per heavy atom. The summed E-state index contributed by atoms with van der Waals surface area (Å²) in [7, 11) is 3.89. The number of aryl methyl sites for hydroxylation is 1. The lowest BCUT2D eigenvalue weighted by molar-refractivity contribution is 0.0523. The number of piperazine rings is 1. The Kier molecular flexibility index (Phi) is 7.25. The largest absolute Gasteiger partial charge is 0.462 e. The number of carbonyl (C=O) groups is 2. The number of hydrogen-bond donors (Lipinski definition) is 0. The number of fused-ring (bicyclic) bond motifs is 1. The lowest BCUT2D eigenvalue weighted by atomic mass is 10.0. The summed E-state index contributed by atoms with van der Waals surface area (Å²) >= 11 is 0. The molecule has 2 aromatic heterocycles. The normalized spacial score (nSPS) is 14.1. The zero-order valence-electron chi connectivity index (χ0n) is 20.7. The summed E-state index contributed by atoms with van der Waals surface area (Å²) in [5, 5.41) is 0.831. The highest BCUT2D eigenvalue weighted by Gasteiger charge is 2.30. The quantitative estimate of drug-likeness (QED) is 0.481. The number of benzene rings is 1. The number of amides is 1. The zero-order valence-corrected chi connectivity index (χ0v) is 20.7. The molecule has 9 heteroatoms. The minimum atomic E-state index is -0.622. The average molecular weight is 481 g/mol. The Morgan fingerprint density at radius 3 is 2.49 bits per heavy atom. The van der Waals surface area contributed by atoms with Gasteiger partial charge in [-0.2, -0.15) is 0 Å².